The van der Waals surface area contributed by atoms with E-state index in [1.807, 2.05) is 62.9 Å². The zero-order chi connectivity index (χ0) is 19.5. The topological polar surface area (TPSA) is 61.9 Å². The monoisotopic (exact) mass is 361 g/mol. The Labute approximate surface area is 156 Å². The van der Waals surface area contributed by atoms with Gasteiger partial charge in [0.2, 0.25) is 11.8 Å². The van der Waals surface area contributed by atoms with Gasteiger partial charge < -0.3 is 19.9 Å². The third kappa shape index (κ3) is 5.21. The van der Waals surface area contributed by atoms with Crippen LogP contribution in [0.2, 0.25) is 0 Å². The number of nitrogens with one attached hydrogen (secondary N) is 1. The normalized spacial score (nSPS) is 14.1. The van der Waals surface area contributed by atoms with Gasteiger partial charge in [-0.3, -0.25) is 9.59 Å². The summed E-state index contributed by atoms with van der Waals surface area (Å²) in [6.45, 7) is 6.43. The molecule has 0 atom stereocenters. The summed E-state index contributed by atoms with van der Waals surface area (Å²) in [7, 11) is 5.45. The predicted octanol–water partition coefficient (Wildman–Crippen LogP) is 2.87. The molecule has 0 aromatic heterocycles. The SMILES string of the molecule is COCC(=O)Nc1ccc(N(C)C)c(CN(C(=O)C(C)(C)C)C2CC2)c1. The van der Waals surface area contributed by atoms with Gasteiger partial charge in [-0.2, -0.15) is 0 Å². The Hall–Kier alpha value is -2.08. The van der Waals surface area contributed by atoms with Gasteiger partial charge in [0.1, 0.15) is 6.61 Å². The lowest BCUT2D eigenvalue weighted by atomic mass is 9.94. The maximum absolute atomic E-state index is 12.9. The van der Waals surface area contributed by atoms with E-state index in [4.69, 9.17) is 4.74 Å². The van der Waals surface area contributed by atoms with Crippen molar-refractivity contribution < 1.29 is 14.3 Å². The summed E-state index contributed by atoms with van der Waals surface area (Å²) in [6, 6.07) is 6.13. The van der Waals surface area contributed by atoms with Gasteiger partial charge in [0.15, 0.2) is 0 Å². The molecule has 1 aliphatic carbocycles. The molecule has 1 fully saturated rings. The lowest BCUT2D eigenvalue weighted by Gasteiger charge is -2.31. The summed E-state index contributed by atoms with van der Waals surface area (Å²) in [5, 5.41) is 2.84. The summed E-state index contributed by atoms with van der Waals surface area (Å²) < 4.78 is 4.87. The second-order valence-electron chi connectivity index (χ2n) is 8.13. The fourth-order valence-electron chi connectivity index (χ4n) is 2.92. The minimum Gasteiger partial charge on any atom is -0.377 e. The van der Waals surface area contributed by atoms with Crippen molar-refractivity contribution in [2.75, 3.05) is 38.0 Å². The molecule has 0 bridgehead atoms. The van der Waals surface area contributed by atoms with Crippen LogP contribution in [0, 0.1) is 5.41 Å². The smallest absolute Gasteiger partial charge is 0.250 e. The quantitative estimate of drug-likeness (QED) is 0.811. The van der Waals surface area contributed by atoms with E-state index >= 15 is 0 Å². The Kier molecular flexibility index (Phi) is 6.29. The van der Waals surface area contributed by atoms with E-state index in [1.165, 1.54) is 7.11 Å². The summed E-state index contributed by atoms with van der Waals surface area (Å²) in [6.07, 6.45) is 2.12. The fraction of sp³-hybridized carbons (Fsp3) is 0.600. The molecular formula is C20H31N3O3. The Bertz CT molecular complexity index is 661. The molecule has 1 aromatic rings. The molecule has 0 radical (unpaired) electrons. The molecule has 26 heavy (non-hydrogen) atoms. The number of amides is 2. The number of anilines is 2. The minimum atomic E-state index is -0.412. The lowest BCUT2D eigenvalue weighted by molar-refractivity contribution is -0.140. The van der Waals surface area contributed by atoms with Crippen molar-refractivity contribution in [3.63, 3.8) is 0 Å². The van der Waals surface area contributed by atoms with Crippen molar-refractivity contribution >= 4 is 23.2 Å². The van der Waals surface area contributed by atoms with Crippen LogP contribution in [0.4, 0.5) is 11.4 Å². The second kappa shape index (κ2) is 8.08. The van der Waals surface area contributed by atoms with Crippen LogP contribution >= 0.6 is 0 Å². The van der Waals surface area contributed by atoms with Crippen molar-refractivity contribution in [3.05, 3.63) is 23.8 Å². The molecule has 0 unspecified atom stereocenters. The van der Waals surface area contributed by atoms with Gasteiger partial charge in [-0.05, 0) is 36.6 Å². The highest BCUT2D eigenvalue weighted by Crippen LogP contribution is 2.34. The number of carbonyl (C=O) groups is 2. The Morgan fingerprint density at radius 2 is 1.88 bits per heavy atom. The molecule has 0 spiro atoms. The van der Waals surface area contributed by atoms with Gasteiger partial charge in [0.25, 0.3) is 0 Å². The first-order chi connectivity index (χ1) is 12.1. The number of carbonyl (C=O) groups excluding carboxylic acids is 2. The first-order valence-corrected chi connectivity index (χ1v) is 9.03. The van der Waals surface area contributed by atoms with Crippen molar-refractivity contribution in [1.29, 1.82) is 0 Å². The number of ether oxygens (including phenoxy) is 1. The van der Waals surface area contributed by atoms with Crippen molar-refractivity contribution in [3.8, 4) is 0 Å². The second-order valence-corrected chi connectivity index (χ2v) is 8.13. The fourth-order valence-corrected chi connectivity index (χ4v) is 2.92. The van der Waals surface area contributed by atoms with Crippen LogP contribution in [0.5, 0.6) is 0 Å². The molecule has 1 aromatic carbocycles. The highest BCUT2D eigenvalue weighted by Gasteiger charge is 2.37. The summed E-state index contributed by atoms with van der Waals surface area (Å²) >= 11 is 0. The number of benzene rings is 1. The molecule has 0 aliphatic heterocycles. The molecule has 6 heteroatoms. The van der Waals surface area contributed by atoms with Crippen LogP contribution in [0.1, 0.15) is 39.2 Å². The maximum atomic E-state index is 12.9. The van der Waals surface area contributed by atoms with Crippen LogP contribution in [-0.2, 0) is 20.9 Å². The third-order valence-electron chi connectivity index (χ3n) is 4.35. The molecule has 144 valence electrons. The van der Waals surface area contributed by atoms with Crippen LogP contribution in [-0.4, -0.2) is 50.6 Å². The van der Waals surface area contributed by atoms with Crippen LogP contribution in [0.25, 0.3) is 0 Å². The summed E-state index contributed by atoms with van der Waals surface area (Å²) in [4.78, 5) is 28.7. The average Bonchev–Trinajstić information content (AvgIpc) is 3.36. The third-order valence-corrected chi connectivity index (χ3v) is 4.35. The van der Waals surface area contributed by atoms with Crippen molar-refractivity contribution in [2.24, 2.45) is 5.41 Å². The van der Waals surface area contributed by atoms with Gasteiger partial charge >= 0.3 is 0 Å². The molecule has 0 saturated heterocycles. The minimum absolute atomic E-state index is 0.0154. The van der Waals surface area contributed by atoms with Gasteiger partial charge in [-0.25, -0.2) is 0 Å². The van der Waals surface area contributed by atoms with E-state index in [-0.39, 0.29) is 18.4 Å². The molecular weight excluding hydrogens is 330 g/mol. The van der Waals surface area contributed by atoms with E-state index in [9.17, 15) is 9.59 Å². The molecule has 0 heterocycles. The highest BCUT2D eigenvalue weighted by atomic mass is 16.5. The van der Waals surface area contributed by atoms with Crippen LogP contribution in [0.3, 0.4) is 0 Å². The summed E-state index contributed by atoms with van der Waals surface area (Å²) in [5.74, 6) is -0.0283. The predicted molar refractivity (Wildman–Crippen MR) is 104 cm³/mol. The molecule has 2 rings (SSSR count). The molecule has 1 aliphatic rings. The Morgan fingerprint density at radius 1 is 1.23 bits per heavy atom. The zero-order valence-electron chi connectivity index (χ0n) is 16.8. The number of hydrogen-bond acceptors (Lipinski definition) is 4. The van der Waals surface area contributed by atoms with E-state index in [0.717, 1.165) is 24.1 Å². The Morgan fingerprint density at radius 3 is 2.38 bits per heavy atom. The molecule has 1 N–H and O–H groups in total. The maximum Gasteiger partial charge on any atom is 0.250 e. The lowest BCUT2D eigenvalue weighted by Crippen LogP contribution is -2.40. The first-order valence-electron chi connectivity index (χ1n) is 9.03. The number of methoxy groups -OCH3 is 1. The van der Waals surface area contributed by atoms with E-state index < -0.39 is 5.41 Å². The van der Waals surface area contributed by atoms with Crippen LogP contribution in [0.15, 0.2) is 18.2 Å². The van der Waals surface area contributed by atoms with E-state index in [1.54, 1.807) is 0 Å². The van der Waals surface area contributed by atoms with Crippen molar-refractivity contribution in [2.45, 2.75) is 46.2 Å². The zero-order valence-corrected chi connectivity index (χ0v) is 16.8. The Balaban J connectivity index is 2.29. The van der Waals surface area contributed by atoms with Crippen molar-refractivity contribution in [1.82, 2.24) is 4.90 Å². The highest BCUT2D eigenvalue weighted by molar-refractivity contribution is 5.92. The van der Waals surface area contributed by atoms with Crippen LogP contribution < -0.4 is 10.2 Å². The van der Waals surface area contributed by atoms with Gasteiger partial charge in [0.05, 0.1) is 0 Å². The average molecular weight is 361 g/mol. The van der Waals surface area contributed by atoms with Gasteiger partial charge in [0, 0.05) is 50.6 Å². The number of nitrogens with zero attached hydrogens (tertiary/aromatic N) is 2. The molecule has 6 nitrogen and oxygen atoms in total. The van der Waals surface area contributed by atoms with E-state index in [2.05, 4.69) is 5.32 Å². The van der Waals surface area contributed by atoms with E-state index in [0.29, 0.717) is 18.3 Å². The summed E-state index contributed by atoms with van der Waals surface area (Å²) in [5.41, 5.74) is 2.37. The van der Waals surface area contributed by atoms with Gasteiger partial charge in [-0.15, -0.1) is 0 Å². The first kappa shape index (κ1) is 20.2. The largest absolute Gasteiger partial charge is 0.377 e. The number of rotatable bonds is 7. The number of hydrogen-bond donors (Lipinski definition) is 1. The standard InChI is InChI=1S/C20H31N3O3/c1-20(2,3)19(25)23(16-8-9-16)12-14-11-15(21-18(24)13-26-6)7-10-17(14)22(4)5/h7,10-11,16H,8-9,12-13H2,1-6H3,(H,21,24). The molecule has 2 amide bonds. The van der Waals surface area contributed by atoms with Gasteiger partial charge in [-0.1, -0.05) is 20.8 Å². The molecule has 1 saturated carbocycles.